The van der Waals surface area contributed by atoms with Crippen LogP contribution in [0.15, 0.2) is 59.9 Å². The lowest BCUT2D eigenvalue weighted by molar-refractivity contribution is 0.750. The van der Waals surface area contributed by atoms with Crippen LogP contribution in [0.4, 0.5) is 11.8 Å². The van der Waals surface area contributed by atoms with Gasteiger partial charge in [-0.1, -0.05) is 18.9 Å². The molecule has 29 heavy (non-hydrogen) atoms. The first kappa shape index (κ1) is 19.1. The van der Waals surface area contributed by atoms with Crippen LogP contribution in [0.2, 0.25) is 0 Å². The maximum Gasteiger partial charge on any atom is 0.255 e. The van der Waals surface area contributed by atoms with Gasteiger partial charge in [0.2, 0.25) is 5.95 Å². The molecular weight excluding hydrogens is 364 g/mol. The first-order valence-electron chi connectivity index (χ1n) is 10.2. The summed E-state index contributed by atoms with van der Waals surface area (Å²) < 4.78 is 1.59. The van der Waals surface area contributed by atoms with Crippen molar-refractivity contribution in [2.75, 3.05) is 11.1 Å². The molecule has 3 N–H and O–H groups in total. The first-order valence-corrected chi connectivity index (χ1v) is 10.2. The average Bonchev–Trinajstić information content (AvgIpc) is 3.47. The Morgan fingerprint density at radius 3 is 2.34 bits per heavy atom. The third kappa shape index (κ3) is 5.19. The van der Waals surface area contributed by atoms with Crippen molar-refractivity contribution in [3.05, 3.63) is 71.0 Å². The molecule has 3 aromatic rings. The molecule has 5 rings (SSSR count). The second kappa shape index (κ2) is 8.86. The van der Waals surface area contributed by atoms with Gasteiger partial charge in [0.25, 0.3) is 5.56 Å². The van der Waals surface area contributed by atoms with Crippen LogP contribution < -0.4 is 16.6 Å². The predicted molar refractivity (Wildman–Crippen MR) is 118 cm³/mol. The minimum absolute atomic E-state index is 0. The molecule has 2 aliphatic rings. The fourth-order valence-corrected chi connectivity index (χ4v) is 3.51. The molecule has 154 valence electrons. The Morgan fingerprint density at radius 1 is 0.966 bits per heavy atom. The lowest BCUT2D eigenvalue weighted by atomic mass is 10.2. The van der Waals surface area contributed by atoms with Gasteiger partial charge in [-0.05, 0) is 55.4 Å². The Bertz CT molecular complexity index is 984. The second-order valence-corrected chi connectivity index (χ2v) is 7.59. The Morgan fingerprint density at radius 2 is 1.72 bits per heavy atom. The third-order valence-electron chi connectivity index (χ3n) is 5.30. The van der Waals surface area contributed by atoms with Crippen LogP contribution in [0.3, 0.4) is 0 Å². The van der Waals surface area contributed by atoms with Crippen molar-refractivity contribution in [2.24, 2.45) is 0 Å². The highest BCUT2D eigenvalue weighted by Crippen LogP contribution is 2.39. The van der Waals surface area contributed by atoms with E-state index in [4.69, 9.17) is 5.73 Å². The predicted octanol–water partition coefficient (Wildman–Crippen LogP) is 4.02. The zero-order chi connectivity index (χ0) is 20.1. The number of nitrogens with zero attached hydrogens (tertiary/aromatic N) is 4. The van der Waals surface area contributed by atoms with E-state index in [-0.39, 0.29) is 8.41 Å². The van der Waals surface area contributed by atoms with Crippen LogP contribution in [0.25, 0.3) is 5.69 Å². The molecule has 7 nitrogen and oxygen atoms in total. The monoisotopic (exact) mass is 394 g/mol. The number of rotatable bonds is 4. The van der Waals surface area contributed by atoms with Gasteiger partial charge in [0.15, 0.2) is 0 Å². The highest BCUT2D eigenvalue weighted by molar-refractivity contribution is 5.41. The molecule has 0 amide bonds. The lowest BCUT2D eigenvalue weighted by Gasteiger charge is -2.13. The quantitative estimate of drug-likeness (QED) is 0.693. The Balaban J connectivity index is 0.000000243. The summed E-state index contributed by atoms with van der Waals surface area (Å²) in [6, 6.07) is 9.54. The van der Waals surface area contributed by atoms with Crippen molar-refractivity contribution in [2.45, 2.75) is 50.5 Å². The van der Waals surface area contributed by atoms with Crippen LogP contribution in [0, 0.1) is 0 Å². The molecule has 0 atom stereocenters. The summed E-state index contributed by atoms with van der Waals surface area (Å²) >= 11 is 0. The summed E-state index contributed by atoms with van der Waals surface area (Å²) in [7, 11) is 0. The molecule has 0 saturated heterocycles. The van der Waals surface area contributed by atoms with E-state index in [0.717, 1.165) is 17.4 Å². The fourth-order valence-electron chi connectivity index (χ4n) is 3.51. The number of hydrogen-bond donors (Lipinski definition) is 2. The maximum atomic E-state index is 11.7. The highest BCUT2D eigenvalue weighted by Gasteiger charge is 2.23. The van der Waals surface area contributed by atoms with Crippen LogP contribution in [-0.2, 0) is 0 Å². The largest absolute Gasteiger partial charge is 0.368 e. The molecule has 0 bridgehead atoms. The first-order chi connectivity index (χ1) is 14.2. The van der Waals surface area contributed by atoms with E-state index in [1.165, 1.54) is 44.1 Å². The second-order valence-electron chi connectivity index (χ2n) is 7.59. The van der Waals surface area contributed by atoms with Gasteiger partial charge in [-0.2, -0.15) is 0 Å². The summed E-state index contributed by atoms with van der Waals surface area (Å²) in [5.74, 6) is 1.98. The molecule has 3 heterocycles. The number of nitrogens with two attached hydrogens (primary N) is 1. The molecule has 0 aromatic carbocycles. The van der Waals surface area contributed by atoms with Crippen molar-refractivity contribution in [1.29, 1.82) is 0 Å². The molecule has 3 aromatic heterocycles. The summed E-state index contributed by atoms with van der Waals surface area (Å²) in [4.78, 5) is 23.9. The minimum Gasteiger partial charge on any atom is -0.368 e. The van der Waals surface area contributed by atoms with Crippen molar-refractivity contribution in [1.82, 2.24) is 19.5 Å². The van der Waals surface area contributed by atoms with Crippen LogP contribution in [-0.4, -0.2) is 25.6 Å². The smallest absolute Gasteiger partial charge is 0.255 e. The molecule has 0 unspecified atom stereocenters. The average molecular weight is 395 g/mol. The number of nitrogen functional groups attached to an aromatic ring is 1. The van der Waals surface area contributed by atoms with E-state index in [2.05, 4.69) is 20.3 Å². The zero-order valence-corrected chi connectivity index (χ0v) is 16.4. The molecule has 2 aliphatic carbocycles. The molecule has 7 heteroatoms. The van der Waals surface area contributed by atoms with Gasteiger partial charge in [0.1, 0.15) is 5.82 Å². The van der Waals surface area contributed by atoms with Crippen LogP contribution in [0.1, 0.15) is 52.9 Å². The van der Waals surface area contributed by atoms with Gasteiger partial charge in [-0.25, -0.2) is 15.0 Å². The fraction of sp³-hybridized carbons (Fsp3) is 0.364. The Kier molecular flexibility index (Phi) is 5.84. The molecule has 2 fully saturated rings. The van der Waals surface area contributed by atoms with Gasteiger partial charge in [0, 0.05) is 33.6 Å². The van der Waals surface area contributed by atoms with E-state index in [1.54, 1.807) is 29.1 Å². The minimum atomic E-state index is -0.0409. The van der Waals surface area contributed by atoms with Crippen LogP contribution in [0.5, 0.6) is 0 Å². The molecular formula is C22H30N6O. The lowest BCUT2D eigenvalue weighted by Crippen LogP contribution is -2.17. The topological polar surface area (TPSA) is 98.7 Å². The number of pyridine rings is 2. The Hall–Kier alpha value is -3.22. The van der Waals surface area contributed by atoms with E-state index in [1.807, 2.05) is 30.6 Å². The number of hydrogen-bond acceptors (Lipinski definition) is 6. The van der Waals surface area contributed by atoms with Crippen molar-refractivity contribution in [3.8, 4) is 5.69 Å². The van der Waals surface area contributed by atoms with Crippen molar-refractivity contribution >= 4 is 11.8 Å². The van der Waals surface area contributed by atoms with Gasteiger partial charge >= 0.3 is 0 Å². The van der Waals surface area contributed by atoms with Gasteiger partial charge in [-0.15, -0.1) is 0 Å². The van der Waals surface area contributed by atoms with Gasteiger partial charge < -0.3 is 11.1 Å². The number of anilines is 2. The maximum absolute atomic E-state index is 11.7. The standard InChI is InChI=1S/C15H17N3O.C7H9N3.2H2/c19-15-7-3-4-10-18(15)13-8-9-14(16-11-13)17-12-5-1-2-6-12;8-7-9-3-6(4-10-7)5-1-2-5;;/h3-4,7-12H,1-2,5-6H2,(H,16,17);3-5H,1-2H2,(H2,8,9,10);2*1H. The number of aromatic nitrogens is 4. The normalized spacial score (nSPS) is 16.1. The van der Waals surface area contributed by atoms with E-state index >= 15 is 0 Å². The van der Waals surface area contributed by atoms with Gasteiger partial charge in [-0.3, -0.25) is 9.36 Å². The summed E-state index contributed by atoms with van der Waals surface area (Å²) in [5.41, 5.74) is 7.31. The van der Waals surface area contributed by atoms with E-state index in [9.17, 15) is 4.79 Å². The highest BCUT2D eigenvalue weighted by atomic mass is 16.1. The summed E-state index contributed by atoms with van der Waals surface area (Å²) in [6.45, 7) is 0. The summed E-state index contributed by atoms with van der Waals surface area (Å²) in [5, 5.41) is 3.44. The Labute approximate surface area is 173 Å². The van der Waals surface area contributed by atoms with Crippen LogP contribution >= 0.6 is 0 Å². The zero-order valence-electron chi connectivity index (χ0n) is 16.4. The summed E-state index contributed by atoms with van der Waals surface area (Å²) in [6.07, 6.45) is 14.7. The van der Waals surface area contributed by atoms with Crippen molar-refractivity contribution in [3.63, 3.8) is 0 Å². The van der Waals surface area contributed by atoms with Gasteiger partial charge in [0.05, 0.1) is 11.9 Å². The molecule has 0 aliphatic heterocycles. The molecule has 2 saturated carbocycles. The van der Waals surface area contributed by atoms with E-state index < -0.39 is 0 Å². The third-order valence-corrected chi connectivity index (χ3v) is 5.30. The SMILES string of the molecule is Nc1ncc(C2CC2)cn1.O=c1ccccn1-c1ccc(NC2CCCC2)nc1.[HH].[HH]. The van der Waals surface area contributed by atoms with E-state index in [0.29, 0.717) is 12.0 Å². The molecule has 0 radical (unpaired) electrons. The number of nitrogens with one attached hydrogen (secondary N) is 1. The van der Waals surface area contributed by atoms with Crippen molar-refractivity contribution < 1.29 is 2.85 Å². The molecule has 0 spiro atoms.